The average molecular weight is 381 g/mol. The molecule has 7 heteroatoms. The number of carbonyl (C=O) groups excluding carboxylic acids is 1. The molecule has 4 rings (SSSR count). The number of amides is 1. The molecular weight excluding hydrogens is 358 g/mol. The van der Waals surface area contributed by atoms with E-state index in [0.717, 1.165) is 34.5 Å². The zero-order valence-electron chi connectivity index (χ0n) is 15.8. The Morgan fingerprint density at radius 3 is 2.61 bits per heavy atom. The Kier molecular flexibility index (Phi) is 5.06. The highest BCUT2D eigenvalue weighted by atomic mass is 16.7. The first kappa shape index (κ1) is 18.2. The van der Waals surface area contributed by atoms with Crippen LogP contribution in [0, 0.1) is 0 Å². The minimum Gasteiger partial charge on any atom is -0.454 e. The lowest BCUT2D eigenvalue weighted by molar-refractivity contribution is -0.121. The number of imidazole rings is 1. The van der Waals surface area contributed by atoms with Gasteiger partial charge in [-0.25, -0.2) is 4.79 Å². The van der Waals surface area contributed by atoms with Crippen LogP contribution in [0.3, 0.4) is 0 Å². The van der Waals surface area contributed by atoms with Crippen LogP contribution >= 0.6 is 0 Å². The van der Waals surface area contributed by atoms with Crippen LogP contribution in [0.1, 0.15) is 18.9 Å². The Hall–Kier alpha value is -3.22. The Morgan fingerprint density at radius 1 is 1.07 bits per heavy atom. The molecule has 0 fully saturated rings. The van der Waals surface area contributed by atoms with Gasteiger partial charge in [0, 0.05) is 13.1 Å². The van der Waals surface area contributed by atoms with Crippen LogP contribution in [0.5, 0.6) is 11.5 Å². The molecule has 1 amide bonds. The van der Waals surface area contributed by atoms with Crippen molar-refractivity contribution >= 4 is 16.9 Å². The zero-order valence-corrected chi connectivity index (χ0v) is 15.8. The molecule has 1 aromatic heterocycles. The maximum atomic E-state index is 12.7. The number of hydrogen-bond donors (Lipinski definition) is 1. The van der Waals surface area contributed by atoms with Crippen molar-refractivity contribution in [3.8, 4) is 11.5 Å². The number of fused-ring (bicyclic) bond motifs is 2. The number of aromatic nitrogens is 2. The second-order valence-corrected chi connectivity index (χ2v) is 6.80. The molecule has 28 heavy (non-hydrogen) atoms. The largest absolute Gasteiger partial charge is 0.454 e. The van der Waals surface area contributed by atoms with Crippen molar-refractivity contribution in [2.45, 2.75) is 32.9 Å². The minimum atomic E-state index is -0.178. The summed E-state index contributed by atoms with van der Waals surface area (Å²) in [5, 5.41) is 2.90. The van der Waals surface area contributed by atoms with Crippen molar-refractivity contribution in [1.82, 2.24) is 14.5 Å². The van der Waals surface area contributed by atoms with Gasteiger partial charge in [-0.2, -0.15) is 0 Å². The van der Waals surface area contributed by atoms with Gasteiger partial charge in [0.05, 0.1) is 11.0 Å². The molecule has 146 valence electrons. The normalized spacial score (nSPS) is 12.5. The van der Waals surface area contributed by atoms with Gasteiger partial charge < -0.3 is 14.8 Å². The van der Waals surface area contributed by atoms with Crippen molar-refractivity contribution in [2.24, 2.45) is 0 Å². The lowest BCUT2D eigenvalue weighted by atomic mass is 10.1. The summed E-state index contributed by atoms with van der Waals surface area (Å²) >= 11 is 0. The van der Waals surface area contributed by atoms with Crippen molar-refractivity contribution in [1.29, 1.82) is 0 Å². The summed E-state index contributed by atoms with van der Waals surface area (Å²) in [4.78, 5) is 25.2. The number of benzene rings is 2. The fourth-order valence-electron chi connectivity index (χ4n) is 3.51. The first-order valence-electron chi connectivity index (χ1n) is 9.50. The number of nitrogens with zero attached hydrogens (tertiary/aromatic N) is 2. The SMILES string of the molecule is CCCn1c(=O)n(CC(=O)NCCc2ccc3c(c2)OCO3)c2ccccc21. The van der Waals surface area contributed by atoms with Crippen molar-refractivity contribution in [2.75, 3.05) is 13.3 Å². The summed E-state index contributed by atoms with van der Waals surface area (Å²) in [6.45, 7) is 3.41. The molecule has 0 atom stereocenters. The van der Waals surface area contributed by atoms with E-state index in [1.54, 1.807) is 9.13 Å². The van der Waals surface area contributed by atoms with E-state index in [9.17, 15) is 9.59 Å². The maximum Gasteiger partial charge on any atom is 0.329 e. The summed E-state index contributed by atoms with van der Waals surface area (Å²) in [7, 11) is 0. The van der Waals surface area contributed by atoms with Crippen LogP contribution in [0.2, 0.25) is 0 Å². The molecule has 2 aromatic carbocycles. The fourth-order valence-corrected chi connectivity index (χ4v) is 3.51. The summed E-state index contributed by atoms with van der Waals surface area (Å²) in [6, 6.07) is 13.3. The smallest absolute Gasteiger partial charge is 0.329 e. The number of carbonyl (C=O) groups is 1. The minimum absolute atomic E-state index is 0.0111. The standard InChI is InChI=1S/C21H23N3O4/c1-2-11-23-16-5-3-4-6-17(16)24(21(23)26)13-20(25)22-10-9-15-7-8-18-19(12-15)28-14-27-18/h3-8,12H,2,9-11,13-14H2,1H3,(H,22,25). The summed E-state index contributed by atoms with van der Waals surface area (Å²) < 4.78 is 13.9. The molecule has 0 bridgehead atoms. The third kappa shape index (κ3) is 3.47. The van der Waals surface area contributed by atoms with Crippen LogP contribution in [-0.2, 0) is 24.3 Å². The first-order valence-corrected chi connectivity index (χ1v) is 9.50. The topological polar surface area (TPSA) is 74.5 Å². The van der Waals surface area contributed by atoms with E-state index < -0.39 is 0 Å². The molecule has 0 saturated heterocycles. The van der Waals surface area contributed by atoms with Crippen LogP contribution in [0.25, 0.3) is 11.0 Å². The second kappa shape index (κ2) is 7.80. The highest BCUT2D eigenvalue weighted by molar-refractivity contribution is 5.80. The summed E-state index contributed by atoms with van der Waals surface area (Å²) in [5.74, 6) is 1.30. The predicted molar refractivity (Wildman–Crippen MR) is 106 cm³/mol. The molecule has 1 aliphatic heterocycles. The molecule has 0 saturated carbocycles. The lowest BCUT2D eigenvalue weighted by Crippen LogP contribution is -2.34. The number of para-hydroxylation sites is 2. The van der Waals surface area contributed by atoms with Gasteiger partial charge in [0.15, 0.2) is 11.5 Å². The van der Waals surface area contributed by atoms with Gasteiger partial charge in [0.1, 0.15) is 6.54 Å². The van der Waals surface area contributed by atoms with Crippen LogP contribution in [0.15, 0.2) is 47.3 Å². The van der Waals surface area contributed by atoms with Crippen LogP contribution < -0.4 is 20.5 Å². The number of ether oxygens (including phenoxy) is 2. The second-order valence-electron chi connectivity index (χ2n) is 6.80. The van der Waals surface area contributed by atoms with Gasteiger partial charge in [-0.3, -0.25) is 13.9 Å². The fraction of sp³-hybridized carbons (Fsp3) is 0.333. The predicted octanol–water partition coefficient (Wildman–Crippen LogP) is 2.30. The average Bonchev–Trinajstić information content (AvgIpc) is 3.27. The van der Waals surface area contributed by atoms with Crippen LogP contribution in [-0.4, -0.2) is 28.4 Å². The Balaban J connectivity index is 1.41. The molecule has 1 N–H and O–H groups in total. The number of aryl methyl sites for hydroxylation is 1. The molecule has 0 unspecified atom stereocenters. The van der Waals surface area contributed by atoms with Gasteiger partial charge in [0.25, 0.3) is 0 Å². The van der Waals surface area contributed by atoms with Crippen molar-refractivity contribution < 1.29 is 14.3 Å². The highest BCUT2D eigenvalue weighted by Crippen LogP contribution is 2.32. The Bertz CT molecular complexity index is 1070. The van der Waals surface area contributed by atoms with E-state index in [0.29, 0.717) is 19.5 Å². The maximum absolute atomic E-state index is 12.7. The quantitative estimate of drug-likeness (QED) is 0.682. The van der Waals surface area contributed by atoms with Crippen molar-refractivity contribution in [3.05, 3.63) is 58.5 Å². The Morgan fingerprint density at radius 2 is 1.82 bits per heavy atom. The summed E-state index contributed by atoms with van der Waals surface area (Å²) in [6.07, 6.45) is 1.53. The monoisotopic (exact) mass is 381 g/mol. The zero-order chi connectivity index (χ0) is 19.5. The van der Waals surface area contributed by atoms with Crippen LogP contribution in [0.4, 0.5) is 0 Å². The highest BCUT2D eigenvalue weighted by Gasteiger charge is 2.15. The molecule has 3 aromatic rings. The summed E-state index contributed by atoms with van der Waals surface area (Å²) in [5.41, 5.74) is 2.56. The van der Waals surface area contributed by atoms with E-state index in [1.165, 1.54) is 0 Å². The molecule has 0 radical (unpaired) electrons. The van der Waals surface area contributed by atoms with Gasteiger partial charge in [-0.05, 0) is 42.7 Å². The van der Waals surface area contributed by atoms with E-state index in [-0.39, 0.29) is 24.9 Å². The van der Waals surface area contributed by atoms with Gasteiger partial charge in [0.2, 0.25) is 12.7 Å². The molecular formula is C21H23N3O4. The van der Waals surface area contributed by atoms with E-state index >= 15 is 0 Å². The number of nitrogens with one attached hydrogen (secondary N) is 1. The van der Waals surface area contributed by atoms with E-state index in [4.69, 9.17) is 9.47 Å². The van der Waals surface area contributed by atoms with E-state index in [1.807, 2.05) is 49.4 Å². The van der Waals surface area contributed by atoms with Gasteiger partial charge in [-0.15, -0.1) is 0 Å². The molecule has 0 spiro atoms. The number of rotatable bonds is 7. The molecule has 1 aliphatic rings. The molecule has 2 heterocycles. The lowest BCUT2D eigenvalue weighted by Gasteiger charge is -2.07. The molecule has 0 aliphatic carbocycles. The first-order chi connectivity index (χ1) is 13.7. The third-order valence-electron chi connectivity index (χ3n) is 4.85. The van der Waals surface area contributed by atoms with E-state index in [2.05, 4.69) is 5.32 Å². The Labute approximate surface area is 162 Å². The van der Waals surface area contributed by atoms with Gasteiger partial charge in [-0.1, -0.05) is 25.1 Å². The van der Waals surface area contributed by atoms with Gasteiger partial charge >= 0.3 is 5.69 Å². The third-order valence-corrected chi connectivity index (χ3v) is 4.85. The number of hydrogen-bond acceptors (Lipinski definition) is 4. The molecule has 7 nitrogen and oxygen atoms in total. The van der Waals surface area contributed by atoms with Crippen molar-refractivity contribution in [3.63, 3.8) is 0 Å².